The summed E-state index contributed by atoms with van der Waals surface area (Å²) < 4.78 is 5.41. The van der Waals surface area contributed by atoms with Crippen LogP contribution in [-0.4, -0.2) is 25.3 Å². The maximum atomic E-state index is 11.7. The molecule has 1 aliphatic heterocycles. The summed E-state index contributed by atoms with van der Waals surface area (Å²) in [7, 11) is 0. The summed E-state index contributed by atoms with van der Waals surface area (Å²) in [5, 5.41) is 6.15. The molecule has 1 atom stereocenters. The number of ether oxygens (including phenoxy) is 1. The Kier molecular flexibility index (Phi) is 4.69. The minimum absolute atomic E-state index is 0.116. The zero-order chi connectivity index (χ0) is 13.0. The van der Waals surface area contributed by atoms with Crippen molar-refractivity contribution in [2.45, 2.75) is 18.9 Å². The Balaban J connectivity index is 1.84. The molecule has 2 N–H and O–H groups in total. The molecule has 0 aliphatic carbocycles. The number of amides is 2. The molecule has 1 aliphatic rings. The fourth-order valence-corrected chi connectivity index (χ4v) is 2.13. The Bertz CT molecular complexity index is 434. The van der Waals surface area contributed by atoms with E-state index in [1.165, 1.54) is 0 Å². The Morgan fingerprint density at radius 2 is 2.28 bits per heavy atom. The van der Waals surface area contributed by atoms with Crippen LogP contribution in [0.4, 0.5) is 10.5 Å². The van der Waals surface area contributed by atoms with Crippen LogP contribution < -0.4 is 10.6 Å². The monoisotopic (exact) mass is 288 g/mol. The zero-order valence-electron chi connectivity index (χ0n) is 9.71. The van der Waals surface area contributed by atoms with Gasteiger partial charge in [0.25, 0.3) is 0 Å². The number of urea groups is 1. The van der Waals surface area contributed by atoms with E-state index in [1.807, 2.05) is 0 Å². The number of halogens is 2. The first-order valence-electron chi connectivity index (χ1n) is 5.77. The summed E-state index contributed by atoms with van der Waals surface area (Å²) in [5.41, 5.74) is 0.494. The van der Waals surface area contributed by atoms with E-state index in [0.29, 0.717) is 22.3 Å². The highest BCUT2D eigenvalue weighted by Crippen LogP contribution is 2.29. The number of carbonyl (C=O) groups is 1. The lowest BCUT2D eigenvalue weighted by Crippen LogP contribution is -2.35. The molecule has 18 heavy (non-hydrogen) atoms. The molecule has 98 valence electrons. The maximum Gasteiger partial charge on any atom is 0.319 e. The van der Waals surface area contributed by atoms with Gasteiger partial charge in [-0.2, -0.15) is 0 Å². The van der Waals surface area contributed by atoms with Crippen molar-refractivity contribution < 1.29 is 9.53 Å². The van der Waals surface area contributed by atoms with Crippen molar-refractivity contribution >= 4 is 34.9 Å². The van der Waals surface area contributed by atoms with Crippen molar-refractivity contribution in [3.8, 4) is 0 Å². The van der Waals surface area contributed by atoms with E-state index < -0.39 is 0 Å². The third kappa shape index (κ3) is 3.51. The molecule has 0 saturated carbocycles. The third-order valence-corrected chi connectivity index (χ3v) is 3.53. The standard InChI is InChI=1S/C12H14Cl2N2O2/c13-9-4-1-5-10(11(9)14)16-12(17)15-7-8-3-2-6-18-8/h1,4-5,8H,2-3,6-7H2,(H2,15,16,17). The molecule has 0 bridgehead atoms. The van der Waals surface area contributed by atoms with Crippen molar-refractivity contribution in [3.63, 3.8) is 0 Å². The molecule has 1 aromatic carbocycles. The van der Waals surface area contributed by atoms with Gasteiger partial charge in [-0.25, -0.2) is 4.79 Å². The molecule has 6 heteroatoms. The van der Waals surface area contributed by atoms with Gasteiger partial charge in [-0.05, 0) is 25.0 Å². The fourth-order valence-electron chi connectivity index (χ4n) is 1.78. The predicted molar refractivity (Wildman–Crippen MR) is 72.5 cm³/mol. The Hall–Kier alpha value is -0.970. The van der Waals surface area contributed by atoms with Crippen LogP contribution in [0.5, 0.6) is 0 Å². The molecule has 2 amide bonds. The highest BCUT2D eigenvalue weighted by molar-refractivity contribution is 6.43. The molecule has 2 rings (SSSR count). The van der Waals surface area contributed by atoms with Gasteiger partial charge in [-0.15, -0.1) is 0 Å². The van der Waals surface area contributed by atoms with Crippen LogP contribution in [-0.2, 0) is 4.74 Å². The van der Waals surface area contributed by atoms with E-state index in [1.54, 1.807) is 18.2 Å². The maximum absolute atomic E-state index is 11.7. The second kappa shape index (κ2) is 6.27. The molecule has 1 unspecified atom stereocenters. The third-order valence-electron chi connectivity index (χ3n) is 2.71. The van der Waals surface area contributed by atoms with E-state index in [0.717, 1.165) is 19.4 Å². The normalized spacial score (nSPS) is 18.7. The summed E-state index contributed by atoms with van der Waals surface area (Å²) in [5.74, 6) is 0. The molecule has 1 aromatic rings. The van der Waals surface area contributed by atoms with Crippen LogP contribution >= 0.6 is 23.2 Å². The number of anilines is 1. The quantitative estimate of drug-likeness (QED) is 0.897. The SMILES string of the molecule is O=C(NCC1CCCO1)Nc1cccc(Cl)c1Cl. The van der Waals surface area contributed by atoms with Gasteiger partial charge in [0.15, 0.2) is 0 Å². The second-order valence-electron chi connectivity index (χ2n) is 4.07. The second-order valence-corrected chi connectivity index (χ2v) is 4.86. The summed E-state index contributed by atoms with van der Waals surface area (Å²) in [6.07, 6.45) is 2.15. The molecule has 1 saturated heterocycles. The van der Waals surface area contributed by atoms with Gasteiger partial charge in [0.1, 0.15) is 0 Å². The minimum atomic E-state index is -0.310. The number of nitrogens with one attached hydrogen (secondary N) is 2. The lowest BCUT2D eigenvalue weighted by molar-refractivity contribution is 0.112. The van der Waals surface area contributed by atoms with Crippen LogP contribution in [0.25, 0.3) is 0 Å². The molecular weight excluding hydrogens is 275 g/mol. The van der Waals surface area contributed by atoms with Gasteiger partial charge in [0, 0.05) is 13.2 Å². The van der Waals surface area contributed by atoms with Gasteiger partial charge in [0.2, 0.25) is 0 Å². The van der Waals surface area contributed by atoms with Crippen LogP contribution in [0.2, 0.25) is 10.0 Å². The van der Waals surface area contributed by atoms with E-state index in [4.69, 9.17) is 27.9 Å². The molecular formula is C12H14Cl2N2O2. The first-order chi connectivity index (χ1) is 8.66. The van der Waals surface area contributed by atoms with Gasteiger partial charge in [-0.1, -0.05) is 29.3 Å². The first kappa shape index (κ1) is 13.5. The smallest absolute Gasteiger partial charge is 0.319 e. The van der Waals surface area contributed by atoms with Crippen molar-refractivity contribution in [3.05, 3.63) is 28.2 Å². The van der Waals surface area contributed by atoms with Crippen molar-refractivity contribution in [2.24, 2.45) is 0 Å². The summed E-state index contributed by atoms with van der Waals surface area (Å²) in [4.78, 5) is 11.7. The molecule has 0 radical (unpaired) electrons. The average molecular weight is 289 g/mol. The van der Waals surface area contributed by atoms with Crippen LogP contribution in [0.1, 0.15) is 12.8 Å². The van der Waals surface area contributed by atoms with Gasteiger partial charge < -0.3 is 15.4 Å². The van der Waals surface area contributed by atoms with Crippen LogP contribution in [0.3, 0.4) is 0 Å². The van der Waals surface area contributed by atoms with Gasteiger partial charge >= 0.3 is 6.03 Å². The first-order valence-corrected chi connectivity index (χ1v) is 6.53. The van der Waals surface area contributed by atoms with E-state index >= 15 is 0 Å². The Labute approximate surface area is 116 Å². The number of rotatable bonds is 3. The lowest BCUT2D eigenvalue weighted by atomic mass is 10.2. The Morgan fingerprint density at radius 1 is 1.44 bits per heavy atom. The molecule has 1 heterocycles. The number of carbonyl (C=O) groups excluding carboxylic acids is 1. The van der Waals surface area contributed by atoms with E-state index in [9.17, 15) is 4.79 Å². The number of benzene rings is 1. The highest BCUT2D eigenvalue weighted by atomic mass is 35.5. The topological polar surface area (TPSA) is 50.4 Å². The molecule has 1 fully saturated rings. The lowest BCUT2D eigenvalue weighted by Gasteiger charge is -2.12. The van der Waals surface area contributed by atoms with Gasteiger partial charge in [-0.3, -0.25) is 0 Å². The van der Waals surface area contributed by atoms with Gasteiger partial charge in [0.05, 0.1) is 21.8 Å². The predicted octanol–water partition coefficient (Wildman–Crippen LogP) is 3.29. The van der Waals surface area contributed by atoms with E-state index in [2.05, 4.69) is 10.6 Å². The highest BCUT2D eigenvalue weighted by Gasteiger charge is 2.16. The van der Waals surface area contributed by atoms with Crippen molar-refractivity contribution in [1.29, 1.82) is 0 Å². The Morgan fingerprint density at radius 3 is 3.00 bits per heavy atom. The number of hydrogen-bond acceptors (Lipinski definition) is 2. The summed E-state index contributed by atoms with van der Waals surface area (Å²) >= 11 is 11.8. The van der Waals surface area contributed by atoms with Crippen molar-refractivity contribution in [2.75, 3.05) is 18.5 Å². The van der Waals surface area contributed by atoms with Crippen molar-refractivity contribution in [1.82, 2.24) is 5.32 Å². The largest absolute Gasteiger partial charge is 0.376 e. The zero-order valence-corrected chi connectivity index (χ0v) is 11.2. The molecule has 0 aromatic heterocycles. The minimum Gasteiger partial charge on any atom is -0.376 e. The molecule has 0 spiro atoms. The summed E-state index contributed by atoms with van der Waals surface area (Å²) in [6, 6.07) is 4.78. The average Bonchev–Trinajstić information content (AvgIpc) is 2.86. The van der Waals surface area contributed by atoms with Crippen LogP contribution in [0, 0.1) is 0 Å². The van der Waals surface area contributed by atoms with E-state index in [-0.39, 0.29) is 12.1 Å². The molecule has 4 nitrogen and oxygen atoms in total. The summed E-state index contributed by atoms with van der Waals surface area (Å²) in [6.45, 7) is 1.28. The fraction of sp³-hybridized carbons (Fsp3) is 0.417. The number of hydrogen-bond donors (Lipinski definition) is 2. The van der Waals surface area contributed by atoms with Crippen LogP contribution in [0.15, 0.2) is 18.2 Å².